The summed E-state index contributed by atoms with van der Waals surface area (Å²) < 4.78 is 83.8. The summed E-state index contributed by atoms with van der Waals surface area (Å²) in [5.74, 6) is -0.723. The monoisotopic (exact) mass is 500 g/mol. The Bertz CT molecular complexity index is 994. The summed E-state index contributed by atoms with van der Waals surface area (Å²) >= 11 is 0. The number of aliphatic hydroxyl groups excluding tert-OH is 2. The molecule has 3 N–H and O–H groups in total. The van der Waals surface area contributed by atoms with Gasteiger partial charge in [0.15, 0.2) is 0 Å². The molecule has 3 rings (SSSR count). The fourth-order valence-electron chi connectivity index (χ4n) is 3.36. The van der Waals surface area contributed by atoms with E-state index in [0.717, 1.165) is 36.4 Å². The molecule has 1 aliphatic rings. The van der Waals surface area contributed by atoms with E-state index in [2.05, 4.69) is 9.71 Å². The third-order valence-electron chi connectivity index (χ3n) is 5.08. The molecule has 1 fully saturated rings. The highest BCUT2D eigenvalue weighted by Crippen LogP contribution is 2.39. The second-order valence-electron chi connectivity index (χ2n) is 7.49. The van der Waals surface area contributed by atoms with E-state index in [1.54, 1.807) is 0 Å². The number of pyridine rings is 1. The van der Waals surface area contributed by atoms with Gasteiger partial charge in [0.05, 0.1) is 29.3 Å². The molecule has 3 atom stereocenters. The zero-order chi connectivity index (χ0) is 22.9. The first-order valence-corrected chi connectivity index (χ1v) is 10.7. The first-order valence-electron chi connectivity index (χ1n) is 9.18. The molecular formula is C19H21ClF4N2O5S. The van der Waals surface area contributed by atoms with E-state index in [1.807, 2.05) is 0 Å². The van der Waals surface area contributed by atoms with Crippen LogP contribution in [-0.2, 0) is 16.2 Å². The second-order valence-corrected chi connectivity index (χ2v) is 9.26. The largest absolute Gasteiger partial charge is 0.477 e. The van der Waals surface area contributed by atoms with Crippen LogP contribution in [-0.4, -0.2) is 49.0 Å². The summed E-state index contributed by atoms with van der Waals surface area (Å²) in [5, 5.41) is 19.9. The summed E-state index contributed by atoms with van der Waals surface area (Å²) in [4.78, 5) is 3.43. The molecule has 7 nitrogen and oxygen atoms in total. The minimum atomic E-state index is -4.55. The third kappa shape index (κ3) is 6.29. The predicted molar refractivity (Wildman–Crippen MR) is 107 cm³/mol. The fraction of sp³-hybridized carbons (Fsp3) is 0.421. The average Bonchev–Trinajstić information content (AvgIpc) is 2.99. The van der Waals surface area contributed by atoms with Crippen LogP contribution in [0.5, 0.6) is 5.88 Å². The Hall–Kier alpha value is -1.99. The van der Waals surface area contributed by atoms with Crippen molar-refractivity contribution in [1.82, 2.24) is 9.71 Å². The highest BCUT2D eigenvalue weighted by Gasteiger charge is 2.45. The van der Waals surface area contributed by atoms with Gasteiger partial charge in [-0.25, -0.2) is 22.5 Å². The third-order valence-corrected chi connectivity index (χ3v) is 6.50. The van der Waals surface area contributed by atoms with Crippen LogP contribution in [0.4, 0.5) is 17.6 Å². The Morgan fingerprint density at radius 2 is 1.69 bits per heavy atom. The van der Waals surface area contributed by atoms with Crippen LogP contribution >= 0.6 is 12.4 Å². The lowest BCUT2D eigenvalue weighted by atomic mass is 9.87. The van der Waals surface area contributed by atoms with E-state index in [-0.39, 0.29) is 49.2 Å². The molecule has 0 radical (unpaired) electrons. The minimum absolute atomic E-state index is 0. The summed E-state index contributed by atoms with van der Waals surface area (Å²) in [5.41, 5.74) is -2.00. The molecular weight excluding hydrogens is 480 g/mol. The molecule has 1 aromatic carbocycles. The molecule has 1 heterocycles. The van der Waals surface area contributed by atoms with E-state index >= 15 is 0 Å². The fourth-order valence-corrected chi connectivity index (χ4v) is 4.52. The number of ether oxygens (including phenoxy) is 1. The van der Waals surface area contributed by atoms with Crippen LogP contribution in [0, 0.1) is 11.2 Å². The van der Waals surface area contributed by atoms with Crippen LogP contribution in [0.15, 0.2) is 47.5 Å². The Labute approximate surface area is 187 Å². The molecule has 1 aromatic heterocycles. The van der Waals surface area contributed by atoms with Crippen LogP contribution in [0.25, 0.3) is 0 Å². The maximum Gasteiger partial charge on any atom is 0.417 e. The van der Waals surface area contributed by atoms with Crippen molar-refractivity contribution in [3.63, 3.8) is 0 Å². The van der Waals surface area contributed by atoms with Crippen molar-refractivity contribution in [2.24, 2.45) is 5.41 Å². The van der Waals surface area contributed by atoms with Crippen LogP contribution in [0.1, 0.15) is 18.4 Å². The first-order chi connectivity index (χ1) is 14.4. The number of sulfonamides is 1. The zero-order valence-electron chi connectivity index (χ0n) is 16.4. The number of aromatic nitrogens is 1. The first kappa shape index (κ1) is 26.3. The minimum Gasteiger partial charge on any atom is -0.477 e. The maximum absolute atomic E-state index is 13.0. The van der Waals surface area contributed by atoms with Crippen LogP contribution < -0.4 is 9.46 Å². The van der Waals surface area contributed by atoms with Gasteiger partial charge in [-0.1, -0.05) is 0 Å². The summed E-state index contributed by atoms with van der Waals surface area (Å²) in [6, 6.07) is 5.99. The number of aliphatic hydroxyl groups is 2. The van der Waals surface area contributed by atoms with Gasteiger partial charge < -0.3 is 14.9 Å². The standard InChI is InChI=1S/C19H20F4N2O5S.ClH/c20-13-2-4-14(5-3-13)31(28,29)25-10-18(7-15(26)16(27)8-18)11-30-17-6-1-12(9-24-17)19(21,22)23;/h1-6,9,15-16,25-27H,7-8,10-11H2;1H/t15-,16+,18?;. The Kier molecular flexibility index (Phi) is 8.10. The number of hydrogen-bond donors (Lipinski definition) is 3. The molecule has 1 saturated carbocycles. The lowest BCUT2D eigenvalue weighted by Gasteiger charge is -2.29. The van der Waals surface area contributed by atoms with Crippen molar-refractivity contribution in [2.75, 3.05) is 13.2 Å². The van der Waals surface area contributed by atoms with Gasteiger partial charge in [0, 0.05) is 24.2 Å². The number of nitrogens with one attached hydrogen (secondary N) is 1. The zero-order valence-corrected chi connectivity index (χ0v) is 18.1. The van der Waals surface area contributed by atoms with Gasteiger partial charge in [-0.3, -0.25) is 0 Å². The topological polar surface area (TPSA) is 109 Å². The molecule has 2 aromatic rings. The number of nitrogens with zero attached hydrogens (tertiary/aromatic N) is 1. The van der Waals surface area contributed by atoms with Crippen LogP contribution in [0.2, 0.25) is 0 Å². The van der Waals surface area contributed by atoms with Gasteiger partial charge in [-0.2, -0.15) is 13.2 Å². The van der Waals surface area contributed by atoms with E-state index in [9.17, 15) is 36.2 Å². The molecule has 0 amide bonds. The molecule has 0 spiro atoms. The van der Waals surface area contributed by atoms with Crippen LogP contribution in [0.3, 0.4) is 0 Å². The normalized spacial score (nSPS) is 23.6. The van der Waals surface area contributed by atoms with E-state index in [4.69, 9.17) is 4.74 Å². The van der Waals surface area contributed by atoms with Gasteiger partial charge in [-0.15, -0.1) is 12.4 Å². The number of benzene rings is 1. The number of halogens is 5. The molecule has 32 heavy (non-hydrogen) atoms. The highest BCUT2D eigenvalue weighted by molar-refractivity contribution is 7.89. The molecule has 1 unspecified atom stereocenters. The van der Waals surface area contributed by atoms with Crippen molar-refractivity contribution < 1.29 is 40.9 Å². The lowest BCUT2D eigenvalue weighted by molar-refractivity contribution is -0.137. The molecule has 178 valence electrons. The second kappa shape index (κ2) is 9.87. The molecule has 0 saturated heterocycles. The molecule has 0 bridgehead atoms. The van der Waals surface area contributed by atoms with Gasteiger partial charge >= 0.3 is 6.18 Å². The van der Waals surface area contributed by atoms with Gasteiger partial charge in [0.2, 0.25) is 15.9 Å². The Morgan fingerprint density at radius 1 is 1.09 bits per heavy atom. The quantitative estimate of drug-likeness (QED) is 0.504. The van der Waals surface area contributed by atoms with Crippen molar-refractivity contribution in [3.8, 4) is 5.88 Å². The van der Waals surface area contributed by atoms with Gasteiger partial charge in [0.25, 0.3) is 0 Å². The summed E-state index contributed by atoms with van der Waals surface area (Å²) in [7, 11) is -4.02. The number of rotatable bonds is 7. The van der Waals surface area contributed by atoms with E-state index in [0.29, 0.717) is 6.20 Å². The molecule has 13 heteroatoms. The number of hydrogen-bond acceptors (Lipinski definition) is 6. The smallest absolute Gasteiger partial charge is 0.417 e. The van der Waals surface area contributed by atoms with Crippen molar-refractivity contribution >= 4 is 22.4 Å². The highest BCUT2D eigenvalue weighted by atomic mass is 35.5. The van der Waals surface area contributed by atoms with Gasteiger partial charge in [0.1, 0.15) is 5.82 Å². The summed E-state index contributed by atoms with van der Waals surface area (Å²) in [6.07, 6.45) is -6.22. The SMILES string of the molecule is Cl.O=S(=O)(NCC1(COc2ccc(C(F)(F)F)cn2)C[C@@H](O)[C@@H](O)C1)c1ccc(F)cc1. The predicted octanol–water partition coefficient (Wildman–Crippen LogP) is 2.52. The van der Waals surface area contributed by atoms with Crippen molar-refractivity contribution in [1.29, 1.82) is 0 Å². The summed E-state index contributed by atoms with van der Waals surface area (Å²) in [6.45, 7) is -0.452. The van der Waals surface area contributed by atoms with Gasteiger partial charge in [-0.05, 0) is 43.2 Å². The average molecular weight is 501 g/mol. The molecule has 1 aliphatic carbocycles. The van der Waals surface area contributed by atoms with Crippen molar-refractivity contribution in [2.45, 2.75) is 36.1 Å². The Morgan fingerprint density at radius 3 is 2.19 bits per heavy atom. The maximum atomic E-state index is 13.0. The molecule has 0 aliphatic heterocycles. The lowest BCUT2D eigenvalue weighted by Crippen LogP contribution is -2.40. The van der Waals surface area contributed by atoms with E-state index in [1.165, 1.54) is 0 Å². The Balaban J connectivity index is 0.00000363. The number of alkyl halides is 3. The van der Waals surface area contributed by atoms with Crippen molar-refractivity contribution in [3.05, 3.63) is 54.0 Å². The van der Waals surface area contributed by atoms with E-state index < -0.39 is 45.2 Å².